The molecule has 5 heteroatoms. The van der Waals surface area contributed by atoms with E-state index < -0.39 is 6.10 Å². The van der Waals surface area contributed by atoms with Gasteiger partial charge in [-0.15, -0.1) is 0 Å². The molecule has 5 nitrogen and oxygen atoms in total. The predicted octanol–water partition coefficient (Wildman–Crippen LogP) is 2.17. The van der Waals surface area contributed by atoms with Gasteiger partial charge < -0.3 is 20.2 Å². The van der Waals surface area contributed by atoms with Gasteiger partial charge in [-0.05, 0) is 57.0 Å². The lowest BCUT2D eigenvalue weighted by Crippen LogP contribution is -2.36. The first-order valence-corrected chi connectivity index (χ1v) is 8.06. The molecule has 1 heterocycles. The number of hydrogen-bond donors (Lipinski definition) is 2. The van der Waals surface area contributed by atoms with Crippen molar-refractivity contribution in [2.24, 2.45) is 0 Å². The minimum Gasteiger partial charge on any atom is -0.392 e. The molecule has 0 aliphatic carbocycles. The van der Waals surface area contributed by atoms with Crippen LogP contribution < -0.4 is 5.32 Å². The first-order valence-electron chi connectivity index (χ1n) is 8.06. The summed E-state index contributed by atoms with van der Waals surface area (Å²) >= 11 is 0. The number of likely N-dealkylation sites (N-methyl/N-ethyl adjacent to an activating group) is 1. The molecular weight excluding hydrogens is 278 g/mol. The molecule has 1 atom stereocenters. The molecule has 1 aromatic rings. The van der Waals surface area contributed by atoms with Gasteiger partial charge in [0, 0.05) is 25.8 Å². The van der Waals surface area contributed by atoms with Gasteiger partial charge in [-0.2, -0.15) is 0 Å². The van der Waals surface area contributed by atoms with E-state index in [1.165, 1.54) is 36.4 Å². The van der Waals surface area contributed by atoms with Gasteiger partial charge in [-0.25, -0.2) is 4.79 Å². The molecule has 22 heavy (non-hydrogen) atoms. The third-order valence-electron chi connectivity index (χ3n) is 3.98. The number of nitrogens with one attached hydrogen (secondary N) is 1. The number of aliphatic hydroxyl groups excluding tert-OH is 1. The Morgan fingerprint density at radius 2 is 2.14 bits per heavy atom. The standard InChI is InChI=1S/C17H27N3O2/c1-14(21)13-19(2)17(22)18-16-7-5-6-15(12-16)8-11-20-9-3-4-10-20/h5-7,12,14,21H,3-4,8-11,13H2,1-2H3,(H,18,22). The molecule has 0 aromatic heterocycles. The SMILES string of the molecule is CC(O)CN(C)C(=O)Nc1cccc(CCN2CCCC2)c1. The van der Waals surface area contributed by atoms with Gasteiger partial charge in [-0.3, -0.25) is 0 Å². The highest BCUT2D eigenvalue weighted by atomic mass is 16.3. The molecule has 1 aliphatic heterocycles. The van der Waals surface area contributed by atoms with Crippen LogP contribution in [0.1, 0.15) is 25.3 Å². The van der Waals surface area contributed by atoms with Gasteiger partial charge in [0.25, 0.3) is 0 Å². The van der Waals surface area contributed by atoms with Gasteiger partial charge >= 0.3 is 6.03 Å². The van der Waals surface area contributed by atoms with Crippen LogP contribution in [0, 0.1) is 0 Å². The Kier molecular flexibility index (Phi) is 6.21. The number of carbonyl (C=O) groups is 1. The summed E-state index contributed by atoms with van der Waals surface area (Å²) in [5, 5.41) is 12.2. The van der Waals surface area contributed by atoms with Gasteiger partial charge in [-0.1, -0.05) is 12.1 Å². The molecule has 0 spiro atoms. The molecule has 122 valence electrons. The van der Waals surface area contributed by atoms with E-state index >= 15 is 0 Å². The third kappa shape index (κ3) is 5.31. The van der Waals surface area contributed by atoms with Crippen LogP contribution in [-0.4, -0.2) is 60.3 Å². The highest BCUT2D eigenvalue weighted by Crippen LogP contribution is 2.14. The van der Waals surface area contributed by atoms with Crippen molar-refractivity contribution in [1.82, 2.24) is 9.80 Å². The topological polar surface area (TPSA) is 55.8 Å². The van der Waals surface area contributed by atoms with E-state index in [1.807, 2.05) is 18.2 Å². The van der Waals surface area contributed by atoms with Gasteiger partial charge in [0.05, 0.1) is 6.10 Å². The molecule has 2 rings (SSSR count). The lowest BCUT2D eigenvalue weighted by atomic mass is 10.1. The van der Waals surface area contributed by atoms with Crippen LogP contribution in [0.5, 0.6) is 0 Å². The quantitative estimate of drug-likeness (QED) is 0.847. The number of hydrogen-bond acceptors (Lipinski definition) is 3. The fourth-order valence-electron chi connectivity index (χ4n) is 2.80. The van der Waals surface area contributed by atoms with Crippen LogP contribution in [0.15, 0.2) is 24.3 Å². The summed E-state index contributed by atoms with van der Waals surface area (Å²) in [4.78, 5) is 16.0. The van der Waals surface area contributed by atoms with E-state index in [9.17, 15) is 9.90 Å². The molecule has 1 aliphatic rings. The minimum absolute atomic E-state index is 0.197. The number of rotatable bonds is 6. The first-order chi connectivity index (χ1) is 10.5. The molecule has 2 amide bonds. The Bertz CT molecular complexity index is 485. The lowest BCUT2D eigenvalue weighted by Gasteiger charge is -2.19. The Labute approximate surface area is 132 Å². The number of likely N-dealkylation sites (tertiary alicyclic amines) is 1. The first kappa shape index (κ1) is 16.8. The fourth-order valence-corrected chi connectivity index (χ4v) is 2.80. The fraction of sp³-hybridized carbons (Fsp3) is 0.588. The smallest absolute Gasteiger partial charge is 0.321 e. The molecule has 1 unspecified atom stereocenters. The van der Waals surface area contributed by atoms with Crippen LogP contribution in [0.3, 0.4) is 0 Å². The summed E-state index contributed by atoms with van der Waals surface area (Å²) < 4.78 is 0. The summed E-state index contributed by atoms with van der Waals surface area (Å²) in [6.45, 7) is 5.49. The predicted molar refractivity (Wildman–Crippen MR) is 89.1 cm³/mol. The Morgan fingerprint density at radius 1 is 1.41 bits per heavy atom. The van der Waals surface area contributed by atoms with Crippen LogP contribution in [0.2, 0.25) is 0 Å². The number of anilines is 1. The van der Waals surface area contributed by atoms with Crippen LogP contribution in [-0.2, 0) is 6.42 Å². The Balaban J connectivity index is 1.86. The van der Waals surface area contributed by atoms with E-state index in [4.69, 9.17) is 0 Å². The molecule has 1 saturated heterocycles. The maximum absolute atomic E-state index is 12.0. The molecular formula is C17H27N3O2. The lowest BCUT2D eigenvalue weighted by molar-refractivity contribution is 0.149. The van der Waals surface area contributed by atoms with Crippen molar-refractivity contribution < 1.29 is 9.90 Å². The summed E-state index contributed by atoms with van der Waals surface area (Å²) in [5.41, 5.74) is 2.05. The second kappa shape index (κ2) is 8.15. The number of amides is 2. The molecule has 1 aromatic carbocycles. The van der Waals surface area contributed by atoms with Crippen molar-refractivity contribution in [3.8, 4) is 0 Å². The van der Waals surface area contributed by atoms with E-state index in [0.717, 1.165) is 18.7 Å². The van der Waals surface area contributed by atoms with Crippen molar-refractivity contribution in [1.29, 1.82) is 0 Å². The molecule has 0 saturated carbocycles. The number of urea groups is 1. The van der Waals surface area contributed by atoms with Crippen LogP contribution >= 0.6 is 0 Å². The number of aliphatic hydroxyl groups is 1. The van der Waals surface area contributed by atoms with Crippen molar-refractivity contribution in [3.05, 3.63) is 29.8 Å². The summed E-state index contributed by atoms with van der Waals surface area (Å²) in [6.07, 6.45) is 3.10. The highest BCUT2D eigenvalue weighted by Gasteiger charge is 2.12. The molecule has 0 bridgehead atoms. The average molecular weight is 305 g/mol. The van der Waals surface area contributed by atoms with Gasteiger partial charge in [0.1, 0.15) is 0 Å². The zero-order valence-corrected chi connectivity index (χ0v) is 13.6. The van der Waals surface area contributed by atoms with Crippen molar-refractivity contribution >= 4 is 11.7 Å². The largest absolute Gasteiger partial charge is 0.392 e. The molecule has 1 fully saturated rings. The van der Waals surface area contributed by atoms with Crippen molar-refractivity contribution in [2.45, 2.75) is 32.3 Å². The zero-order chi connectivity index (χ0) is 15.9. The summed E-state index contributed by atoms with van der Waals surface area (Å²) in [7, 11) is 1.68. The van der Waals surface area contributed by atoms with E-state index in [1.54, 1.807) is 14.0 Å². The van der Waals surface area contributed by atoms with Crippen molar-refractivity contribution in [3.63, 3.8) is 0 Å². The monoisotopic (exact) mass is 305 g/mol. The maximum Gasteiger partial charge on any atom is 0.321 e. The highest BCUT2D eigenvalue weighted by molar-refractivity contribution is 5.89. The van der Waals surface area contributed by atoms with Gasteiger partial charge in [0.15, 0.2) is 0 Å². The van der Waals surface area contributed by atoms with E-state index in [2.05, 4.69) is 16.3 Å². The summed E-state index contributed by atoms with van der Waals surface area (Å²) in [5.74, 6) is 0. The number of benzene rings is 1. The molecule has 2 N–H and O–H groups in total. The van der Waals surface area contributed by atoms with E-state index in [0.29, 0.717) is 6.54 Å². The molecule has 0 radical (unpaired) electrons. The third-order valence-corrected chi connectivity index (χ3v) is 3.98. The minimum atomic E-state index is -0.525. The average Bonchev–Trinajstić information content (AvgIpc) is 2.98. The Morgan fingerprint density at radius 3 is 2.82 bits per heavy atom. The van der Waals surface area contributed by atoms with Gasteiger partial charge in [0.2, 0.25) is 0 Å². The maximum atomic E-state index is 12.0. The number of nitrogens with zero attached hydrogens (tertiary/aromatic N) is 2. The normalized spacial score (nSPS) is 16.5. The van der Waals surface area contributed by atoms with Crippen LogP contribution in [0.25, 0.3) is 0 Å². The number of carbonyl (C=O) groups excluding carboxylic acids is 1. The zero-order valence-electron chi connectivity index (χ0n) is 13.6. The summed E-state index contributed by atoms with van der Waals surface area (Å²) in [6, 6.07) is 7.81. The Hall–Kier alpha value is -1.59. The van der Waals surface area contributed by atoms with Crippen LogP contribution in [0.4, 0.5) is 10.5 Å². The van der Waals surface area contributed by atoms with Crippen molar-refractivity contribution in [2.75, 3.05) is 38.5 Å². The van der Waals surface area contributed by atoms with E-state index in [-0.39, 0.29) is 6.03 Å². The second-order valence-corrected chi connectivity index (χ2v) is 6.16. The second-order valence-electron chi connectivity index (χ2n) is 6.16.